The monoisotopic (exact) mass is 203 g/mol. The lowest BCUT2D eigenvalue weighted by molar-refractivity contribution is 0.240. The quantitative estimate of drug-likeness (QED) is 0.603. The topological polar surface area (TPSA) is 3.24 Å². The molecule has 0 saturated carbocycles. The van der Waals surface area contributed by atoms with Crippen LogP contribution in [0.3, 0.4) is 0 Å². The first-order valence-electron chi connectivity index (χ1n) is 6.66. The molecular weight excluding hydrogens is 170 g/mol. The molecule has 1 fully saturated rings. The number of likely N-dealkylation sites (tertiary alicyclic amines) is 1. The molecule has 0 atom stereocenters. The average Bonchev–Trinajstić information content (AvgIpc) is 2.37. The van der Waals surface area contributed by atoms with Crippen LogP contribution in [0.15, 0.2) is 0 Å². The van der Waals surface area contributed by atoms with Gasteiger partial charge in [-0.15, -0.1) is 0 Å². The SMILES string of the molecule is CC.CC.CC.CCN1CCCCC1. The molecule has 0 bridgehead atoms. The van der Waals surface area contributed by atoms with Crippen molar-refractivity contribution >= 4 is 0 Å². The van der Waals surface area contributed by atoms with Crippen molar-refractivity contribution in [1.82, 2.24) is 4.90 Å². The van der Waals surface area contributed by atoms with Gasteiger partial charge in [0.1, 0.15) is 0 Å². The highest BCUT2D eigenvalue weighted by molar-refractivity contribution is 4.61. The maximum absolute atomic E-state index is 2.52. The summed E-state index contributed by atoms with van der Waals surface area (Å²) in [6.45, 7) is 18.2. The van der Waals surface area contributed by atoms with Gasteiger partial charge in [0.25, 0.3) is 0 Å². The van der Waals surface area contributed by atoms with E-state index in [0.29, 0.717) is 0 Å². The molecule has 1 heterocycles. The molecule has 90 valence electrons. The molecule has 0 radical (unpaired) electrons. The molecule has 1 nitrogen and oxygen atoms in total. The van der Waals surface area contributed by atoms with Crippen LogP contribution in [0.25, 0.3) is 0 Å². The summed E-state index contributed by atoms with van der Waals surface area (Å²) in [5, 5.41) is 0. The van der Waals surface area contributed by atoms with Crippen LogP contribution in [0.4, 0.5) is 0 Å². The molecular formula is C13H33N. The van der Waals surface area contributed by atoms with Gasteiger partial charge in [0, 0.05) is 0 Å². The minimum absolute atomic E-state index is 1.25. The van der Waals surface area contributed by atoms with E-state index in [0.717, 1.165) is 0 Å². The highest BCUT2D eigenvalue weighted by Crippen LogP contribution is 2.06. The standard InChI is InChI=1S/C7H15N.3C2H6/c1-2-8-6-4-3-5-7-8;3*1-2/h2-7H2,1H3;3*1-2H3. The number of nitrogens with zero attached hydrogens (tertiary/aromatic N) is 1. The number of piperidine rings is 1. The van der Waals surface area contributed by atoms with Gasteiger partial charge in [-0.1, -0.05) is 54.9 Å². The van der Waals surface area contributed by atoms with Crippen LogP contribution in [-0.2, 0) is 0 Å². The Bertz CT molecular complexity index is 56.3. The van der Waals surface area contributed by atoms with E-state index in [-0.39, 0.29) is 0 Å². The van der Waals surface area contributed by atoms with Gasteiger partial charge in [-0.3, -0.25) is 0 Å². The first-order valence-corrected chi connectivity index (χ1v) is 6.66. The van der Waals surface area contributed by atoms with E-state index in [4.69, 9.17) is 0 Å². The van der Waals surface area contributed by atoms with Crippen LogP contribution < -0.4 is 0 Å². The Morgan fingerprint density at radius 1 is 0.714 bits per heavy atom. The summed E-state index contributed by atoms with van der Waals surface area (Å²) in [7, 11) is 0. The second kappa shape index (κ2) is 23.1. The minimum Gasteiger partial charge on any atom is -0.304 e. The molecule has 1 rings (SSSR count). The summed E-state index contributed by atoms with van der Waals surface area (Å²) in [5.74, 6) is 0. The van der Waals surface area contributed by atoms with Crippen LogP contribution in [0, 0.1) is 0 Å². The van der Waals surface area contributed by atoms with Gasteiger partial charge in [0.05, 0.1) is 0 Å². The number of rotatable bonds is 1. The summed E-state index contributed by atoms with van der Waals surface area (Å²) >= 11 is 0. The normalized spacial score (nSPS) is 14.8. The van der Waals surface area contributed by atoms with Crippen LogP contribution in [0.5, 0.6) is 0 Å². The zero-order valence-electron chi connectivity index (χ0n) is 11.7. The van der Waals surface area contributed by atoms with Gasteiger partial charge in [-0.25, -0.2) is 0 Å². The maximum atomic E-state index is 2.52. The van der Waals surface area contributed by atoms with Crippen molar-refractivity contribution < 1.29 is 0 Å². The third-order valence-electron chi connectivity index (χ3n) is 1.90. The first kappa shape index (κ1) is 19.5. The van der Waals surface area contributed by atoms with Crippen molar-refractivity contribution in [2.45, 2.75) is 67.7 Å². The van der Waals surface area contributed by atoms with E-state index in [1.165, 1.54) is 38.9 Å². The Balaban J connectivity index is -0.000000174. The molecule has 0 aromatic carbocycles. The third kappa shape index (κ3) is 14.5. The molecule has 0 aromatic rings. The van der Waals surface area contributed by atoms with E-state index < -0.39 is 0 Å². The highest BCUT2D eigenvalue weighted by Gasteiger charge is 2.05. The predicted molar refractivity (Wildman–Crippen MR) is 70.0 cm³/mol. The largest absolute Gasteiger partial charge is 0.304 e. The lowest BCUT2D eigenvalue weighted by Crippen LogP contribution is -2.29. The first-order chi connectivity index (χ1) is 6.93. The molecule has 1 aliphatic heterocycles. The van der Waals surface area contributed by atoms with Crippen molar-refractivity contribution in [3.05, 3.63) is 0 Å². The van der Waals surface area contributed by atoms with E-state index in [9.17, 15) is 0 Å². The van der Waals surface area contributed by atoms with Gasteiger partial charge in [-0.05, 0) is 32.5 Å². The minimum atomic E-state index is 1.25. The fourth-order valence-corrected chi connectivity index (χ4v) is 1.28. The van der Waals surface area contributed by atoms with Crippen molar-refractivity contribution in [2.24, 2.45) is 0 Å². The zero-order valence-corrected chi connectivity index (χ0v) is 11.7. The van der Waals surface area contributed by atoms with Crippen LogP contribution in [0.1, 0.15) is 67.7 Å². The van der Waals surface area contributed by atoms with Gasteiger partial charge in [0.2, 0.25) is 0 Å². The van der Waals surface area contributed by atoms with E-state index >= 15 is 0 Å². The Hall–Kier alpha value is -0.0400. The third-order valence-corrected chi connectivity index (χ3v) is 1.90. The van der Waals surface area contributed by atoms with Gasteiger partial charge < -0.3 is 4.90 Å². The fraction of sp³-hybridized carbons (Fsp3) is 1.00. The van der Waals surface area contributed by atoms with Crippen molar-refractivity contribution in [3.8, 4) is 0 Å². The van der Waals surface area contributed by atoms with E-state index in [2.05, 4.69) is 11.8 Å². The molecule has 1 heteroatoms. The number of hydrogen-bond acceptors (Lipinski definition) is 1. The maximum Gasteiger partial charge on any atom is -0.00188 e. The summed E-state index contributed by atoms with van der Waals surface area (Å²) in [6, 6.07) is 0. The van der Waals surface area contributed by atoms with Gasteiger partial charge in [-0.2, -0.15) is 0 Å². The van der Waals surface area contributed by atoms with Gasteiger partial charge in [0.15, 0.2) is 0 Å². The second-order valence-electron chi connectivity index (χ2n) is 2.49. The van der Waals surface area contributed by atoms with Crippen molar-refractivity contribution in [3.63, 3.8) is 0 Å². The van der Waals surface area contributed by atoms with Gasteiger partial charge >= 0.3 is 0 Å². The molecule has 0 unspecified atom stereocenters. The lowest BCUT2D eigenvalue weighted by Gasteiger charge is -2.24. The summed E-state index contributed by atoms with van der Waals surface area (Å²) in [4.78, 5) is 2.52. The van der Waals surface area contributed by atoms with Crippen LogP contribution in [-0.4, -0.2) is 24.5 Å². The van der Waals surface area contributed by atoms with Crippen molar-refractivity contribution in [2.75, 3.05) is 19.6 Å². The van der Waals surface area contributed by atoms with Crippen LogP contribution in [0.2, 0.25) is 0 Å². The Kier molecular flexibility index (Phi) is 32.2. The summed E-state index contributed by atoms with van der Waals surface area (Å²) in [5.41, 5.74) is 0. The Morgan fingerprint density at radius 3 is 1.29 bits per heavy atom. The Labute approximate surface area is 92.9 Å². The molecule has 0 amide bonds. The fourth-order valence-electron chi connectivity index (χ4n) is 1.28. The smallest absolute Gasteiger partial charge is 0.00188 e. The summed E-state index contributed by atoms with van der Waals surface area (Å²) in [6.07, 6.45) is 4.30. The molecule has 0 spiro atoms. The van der Waals surface area contributed by atoms with E-state index in [1.54, 1.807) is 0 Å². The summed E-state index contributed by atoms with van der Waals surface area (Å²) < 4.78 is 0. The molecule has 1 aliphatic rings. The molecule has 0 N–H and O–H groups in total. The second-order valence-corrected chi connectivity index (χ2v) is 2.49. The Morgan fingerprint density at radius 2 is 1.07 bits per heavy atom. The average molecular weight is 203 g/mol. The molecule has 1 saturated heterocycles. The van der Waals surface area contributed by atoms with E-state index in [1.807, 2.05) is 41.5 Å². The highest BCUT2D eigenvalue weighted by atomic mass is 15.1. The molecule has 0 aromatic heterocycles. The number of hydrogen-bond donors (Lipinski definition) is 0. The zero-order chi connectivity index (χ0) is 11.8. The predicted octanol–water partition coefficient (Wildman–Crippen LogP) is 4.57. The lowest BCUT2D eigenvalue weighted by atomic mass is 10.1. The van der Waals surface area contributed by atoms with Crippen LogP contribution >= 0.6 is 0 Å². The molecule has 14 heavy (non-hydrogen) atoms. The van der Waals surface area contributed by atoms with Crippen molar-refractivity contribution in [1.29, 1.82) is 0 Å². The molecule has 0 aliphatic carbocycles.